The van der Waals surface area contributed by atoms with Gasteiger partial charge in [-0.25, -0.2) is 0 Å². The molecule has 2 N–H and O–H groups in total. The van der Waals surface area contributed by atoms with Crippen molar-refractivity contribution < 1.29 is 4.79 Å². The zero-order chi connectivity index (χ0) is 14.4. The van der Waals surface area contributed by atoms with Crippen molar-refractivity contribution in [2.75, 3.05) is 37.7 Å². The summed E-state index contributed by atoms with van der Waals surface area (Å²) in [6.07, 6.45) is 3.26. The molecule has 0 aromatic carbocycles. The number of nitrogens with one attached hydrogen (secondary N) is 2. The molecule has 0 bridgehead atoms. The molecule has 0 saturated carbocycles. The summed E-state index contributed by atoms with van der Waals surface area (Å²) in [6.45, 7) is 8.73. The average Bonchev–Trinajstić information content (AvgIpc) is 2.46. The van der Waals surface area contributed by atoms with Crippen LogP contribution in [-0.2, 0) is 4.79 Å². The Bertz CT molecular complexity index is 317. The van der Waals surface area contributed by atoms with E-state index in [1.165, 1.54) is 31.7 Å². The van der Waals surface area contributed by atoms with Gasteiger partial charge < -0.3 is 10.6 Å². The number of carbonyl (C=O) groups excluding carboxylic acids is 1. The fraction of sp³-hybridized carbons (Fsp3) is 0.933. The number of carbonyl (C=O) groups is 1. The SMILES string of the molecule is CC1CCCN(C(C)CNC(=O)CC2CSCCN2)C1.Cl.Cl. The monoisotopic (exact) mass is 371 g/mol. The molecular weight excluding hydrogens is 341 g/mol. The van der Waals surface area contributed by atoms with E-state index in [1.807, 2.05) is 11.8 Å². The molecule has 132 valence electrons. The van der Waals surface area contributed by atoms with Gasteiger partial charge in [0.25, 0.3) is 0 Å². The number of hydrogen-bond donors (Lipinski definition) is 2. The number of halogens is 2. The van der Waals surface area contributed by atoms with Crippen molar-refractivity contribution in [1.82, 2.24) is 15.5 Å². The molecule has 0 radical (unpaired) electrons. The van der Waals surface area contributed by atoms with Crippen molar-refractivity contribution in [3.05, 3.63) is 0 Å². The Morgan fingerprint density at radius 2 is 2.23 bits per heavy atom. The first-order valence-corrected chi connectivity index (χ1v) is 9.12. The Labute approximate surface area is 151 Å². The van der Waals surface area contributed by atoms with Crippen LogP contribution < -0.4 is 10.6 Å². The summed E-state index contributed by atoms with van der Waals surface area (Å²) in [4.78, 5) is 14.5. The highest BCUT2D eigenvalue weighted by Gasteiger charge is 2.22. The molecule has 2 aliphatic rings. The Hall–Kier alpha value is 0.320. The lowest BCUT2D eigenvalue weighted by Gasteiger charge is -2.35. The third kappa shape index (κ3) is 7.73. The molecule has 3 atom stereocenters. The molecule has 1 amide bonds. The third-order valence-corrected chi connectivity index (χ3v) is 5.47. The maximum atomic E-state index is 12.0. The van der Waals surface area contributed by atoms with Crippen LogP contribution in [0.15, 0.2) is 0 Å². The molecule has 0 aromatic heterocycles. The van der Waals surface area contributed by atoms with Gasteiger partial charge in [0.2, 0.25) is 5.91 Å². The summed E-state index contributed by atoms with van der Waals surface area (Å²) in [5.74, 6) is 3.22. The van der Waals surface area contributed by atoms with E-state index in [0.29, 0.717) is 18.5 Å². The summed E-state index contributed by atoms with van der Waals surface area (Å²) in [7, 11) is 0. The predicted octanol–water partition coefficient (Wildman–Crippen LogP) is 2.16. The zero-order valence-corrected chi connectivity index (χ0v) is 16.1. The quantitative estimate of drug-likeness (QED) is 0.776. The molecule has 0 spiro atoms. The van der Waals surface area contributed by atoms with Crippen LogP contribution in [0.1, 0.15) is 33.1 Å². The second-order valence-corrected chi connectivity index (χ2v) is 7.48. The molecule has 0 aromatic rings. The van der Waals surface area contributed by atoms with E-state index in [4.69, 9.17) is 0 Å². The Balaban J connectivity index is 0.00000220. The zero-order valence-electron chi connectivity index (χ0n) is 13.7. The van der Waals surface area contributed by atoms with Crippen molar-refractivity contribution in [3.8, 4) is 0 Å². The number of nitrogens with zero attached hydrogens (tertiary/aromatic N) is 1. The van der Waals surface area contributed by atoms with E-state index >= 15 is 0 Å². The topological polar surface area (TPSA) is 44.4 Å². The maximum absolute atomic E-state index is 12.0. The number of likely N-dealkylation sites (tertiary alicyclic amines) is 1. The molecule has 2 rings (SSSR count). The summed E-state index contributed by atoms with van der Waals surface area (Å²) < 4.78 is 0. The fourth-order valence-corrected chi connectivity index (χ4v) is 4.01. The van der Waals surface area contributed by atoms with E-state index in [1.54, 1.807) is 0 Å². The van der Waals surface area contributed by atoms with E-state index in [9.17, 15) is 4.79 Å². The van der Waals surface area contributed by atoms with Crippen LogP contribution in [-0.4, -0.2) is 60.6 Å². The molecule has 22 heavy (non-hydrogen) atoms. The Kier molecular flexibility index (Phi) is 12.0. The molecule has 3 unspecified atom stereocenters. The van der Waals surface area contributed by atoms with Gasteiger partial charge in [0.1, 0.15) is 0 Å². The van der Waals surface area contributed by atoms with Gasteiger partial charge in [-0.05, 0) is 32.2 Å². The fourth-order valence-electron chi connectivity index (χ4n) is 3.06. The lowest BCUT2D eigenvalue weighted by molar-refractivity contribution is -0.121. The van der Waals surface area contributed by atoms with Gasteiger partial charge in [-0.15, -0.1) is 24.8 Å². The van der Waals surface area contributed by atoms with Gasteiger partial charge >= 0.3 is 0 Å². The number of hydrogen-bond acceptors (Lipinski definition) is 4. The van der Waals surface area contributed by atoms with Crippen LogP contribution in [0.3, 0.4) is 0 Å². The van der Waals surface area contributed by atoms with E-state index in [-0.39, 0.29) is 30.7 Å². The minimum atomic E-state index is 0. The number of thioether (sulfide) groups is 1. The lowest BCUT2D eigenvalue weighted by Crippen LogP contribution is -2.47. The Morgan fingerprint density at radius 3 is 2.86 bits per heavy atom. The maximum Gasteiger partial charge on any atom is 0.221 e. The van der Waals surface area contributed by atoms with Gasteiger partial charge in [0.05, 0.1) is 0 Å². The van der Waals surface area contributed by atoms with Crippen molar-refractivity contribution in [2.45, 2.75) is 45.2 Å². The highest BCUT2D eigenvalue weighted by Crippen LogP contribution is 2.17. The van der Waals surface area contributed by atoms with Crippen LogP contribution in [0, 0.1) is 5.92 Å². The first kappa shape index (κ1) is 22.3. The summed E-state index contributed by atoms with van der Waals surface area (Å²) in [5.41, 5.74) is 0. The molecule has 2 saturated heterocycles. The molecule has 7 heteroatoms. The van der Waals surface area contributed by atoms with Crippen molar-refractivity contribution in [2.24, 2.45) is 5.92 Å². The normalized spacial score (nSPS) is 27.2. The van der Waals surface area contributed by atoms with Crippen molar-refractivity contribution >= 4 is 42.5 Å². The number of amides is 1. The molecule has 0 aliphatic carbocycles. The smallest absolute Gasteiger partial charge is 0.221 e. The largest absolute Gasteiger partial charge is 0.354 e. The van der Waals surface area contributed by atoms with Gasteiger partial charge in [0, 0.05) is 49.6 Å². The molecule has 2 aliphatic heterocycles. The molecular formula is C15H31Cl2N3OS. The second-order valence-electron chi connectivity index (χ2n) is 6.33. The van der Waals surface area contributed by atoms with Crippen molar-refractivity contribution in [3.63, 3.8) is 0 Å². The first-order valence-electron chi connectivity index (χ1n) is 7.97. The van der Waals surface area contributed by atoms with Crippen LogP contribution in [0.5, 0.6) is 0 Å². The number of rotatable bonds is 5. The van der Waals surface area contributed by atoms with Crippen LogP contribution in [0.2, 0.25) is 0 Å². The van der Waals surface area contributed by atoms with E-state index in [0.717, 1.165) is 24.8 Å². The first-order chi connectivity index (χ1) is 9.65. The van der Waals surface area contributed by atoms with Gasteiger partial charge in [-0.1, -0.05) is 6.92 Å². The van der Waals surface area contributed by atoms with Crippen molar-refractivity contribution in [1.29, 1.82) is 0 Å². The predicted molar refractivity (Wildman–Crippen MR) is 101 cm³/mol. The number of piperidine rings is 1. The van der Waals surface area contributed by atoms with E-state index < -0.39 is 0 Å². The summed E-state index contributed by atoms with van der Waals surface area (Å²) in [5, 5.41) is 6.53. The van der Waals surface area contributed by atoms with E-state index in [2.05, 4.69) is 29.4 Å². The van der Waals surface area contributed by atoms with Gasteiger partial charge in [-0.3, -0.25) is 9.69 Å². The summed E-state index contributed by atoms with van der Waals surface area (Å²) >= 11 is 1.94. The Morgan fingerprint density at radius 1 is 1.45 bits per heavy atom. The highest BCUT2D eigenvalue weighted by atomic mass is 35.5. The third-order valence-electron chi connectivity index (χ3n) is 4.34. The molecule has 4 nitrogen and oxygen atoms in total. The standard InChI is InChI=1S/C15H29N3OS.2ClH/c1-12-4-3-6-18(10-12)13(2)9-17-15(19)8-14-11-20-7-5-16-14;;/h12-14,16H,3-11H2,1-2H3,(H,17,19);2*1H. The highest BCUT2D eigenvalue weighted by molar-refractivity contribution is 7.99. The lowest BCUT2D eigenvalue weighted by atomic mass is 9.99. The average molecular weight is 372 g/mol. The molecule has 2 heterocycles. The van der Waals surface area contributed by atoms with Crippen LogP contribution in [0.25, 0.3) is 0 Å². The minimum Gasteiger partial charge on any atom is -0.354 e. The summed E-state index contributed by atoms with van der Waals surface area (Å²) in [6, 6.07) is 0.814. The van der Waals surface area contributed by atoms with Crippen LogP contribution >= 0.6 is 36.6 Å². The minimum absolute atomic E-state index is 0. The second kappa shape index (κ2) is 11.8. The molecule has 2 fully saturated rings. The van der Waals surface area contributed by atoms with Crippen LogP contribution in [0.4, 0.5) is 0 Å². The van der Waals surface area contributed by atoms with Gasteiger partial charge in [0.15, 0.2) is 0 Å². The van der Waals surface area contributed by atoms with Gasteiger partial charge in [-0.2, -0.15) is 11.8 Å².